The van der Waals surface area contributed by atoms with E-state index in [-0.39, 0.29) is 26.4 Å². The van der Waals surface area contributed by atoms with Crippen LogP contribution in [0, 0.1) is 0 Å². The molecule has 4 rings (SSSR count). The van der Waals surface area contributed by atoms with Crippen molar-refractivity contribution in [3.63, 3.8) is 0 Å². The normalized spacial score (nSPS) is 29.2. The Balaban J connectivity index is 1.32. The molecule has 182 valence electrons. The van der Waals surface area contributed by atoms with Crippen LogP contribution < -0.4 is 10.6 Å². The van der Waals surface area contributed by atoms with Gasteiger partial charge in [0.25, 0.3) is 0 Å². The molecule has 10 heteroatoms. The van der Waals surface area contributed by atoms with E-state index in [0.717, 1.165) is 11.1 Å². The number of benzene rings is 2. The van der Waals surface area contributed by atoms with Crippen molar-refractivity contribution in [1.29, 1.82) is 0 Å². The average Bonchev–Trinajstić information content (AvgIpc) is 2.90. The summed E-state index contributed by atoms with van der Waals surface area (Å²) < 4.78 is 22.8. The number of carbonyl (C=O) groups is 2. The molecular formula is C24H28N2O8. The van der Waals surface area contributed by atoms with Crippen molar-refractivity contribution in [3.8, 4) is 0 Å². The number of aliphatic hydroxyl groups is 2. The fourth-order valence-corrected chi connectivity index (χ4v) is 3.73. The molecular weight excluding hydrogens is 444 g/mol. The van der Waals surface area contributed by atoms with Crippen LogP contribution in [0.25, 0.3) is 0 Å². The number of hydrogen-bond acceptors (Lipinski definition) is 8. The molecule has 2 aromatic carbocycles. The smallest absolute Gasteiger partial charge is 0.310 e. The Kier molecular flexibility index (Phi) is 7.57. The first-order valence-electron chi connectivity index (χ1n) is 10.9. The van der Waals surface area contributed by atoms with Gasteiger partial charge in [0.1, 0.15) is 11.1 Å². The van der Waals surface area contributed by atoms with E-state index in [2.05, 4.69) is 10.6 Å². The molecule has 10 nitrogen and oxygen atoms in total. The van der Waals surface area contributed by atoms with Gasteiger partial charge in [0.05, 0.1) is 39.6 Å². The van der Waals surface area contributed by atoms with Gasteiger partial charge in [-0.05, 0) is 0 Å². The van der Waals surface area contributed by atoms with E-state index in [1.807, 2.05) is 60.7 Å². The summed E-state index contributed by atoms with van der Waals surface area (Å²) in [5.74, 6) is -2.00. The third-order valence-corrected chi connectivity index (χ3v) is 5.76. The number of hydrogen-bond donors (Lipinski definition) is 4. The first kappa shape index (κ1) is 24.3. The molecule has 0 atom stereocenters. The van der Waals surface area contributed by atoms with Crippen LogP contribution in [-0.2, 0) is 28.5 Å². The Labute approximate surface area is 196 Å². The van der Waals surface area contributed by atoms with Crippen LogP contribution >= 0.6 is 0 Å². The third-order valence-electron chi connectivity index (χ3n) is 5.76. The number of rotatable bonds is 6. The van der Waals surface area contributed by atoms with Crippen molar-refractivity contribution in [3.05, 3.63) is 71.8 Å². The minimum Gasteiger partial charge on any atom is -0.394 e. The fourth-order valence-electron chi connectivity index (χ4n) is 3.73. The number of nitrogens with one attached hydrogen (secondary N) is 2. The summed E-state index contributed by atoms with van der Waals surface area (Å²) in [5.41, 5.74) is -0.975. The van der Waals surface area contributed by atoms with Gasteiger partial charge in [-0.1, -0.05) is 60.7 Å². The molecule has 34 heavy (non-hydrogen) atoms. The van der Waals surface area contributed by atoms with E-state index in [1.165, 1.54) is 0 Å². The number of carbonyl (C=O) groups excluding carboxylic acids is 2. The Morgan fingerprint density at radius 3 is 1.29 bits per heavy atom. The maximum atomic E-state index is 12.6. The summed E-state index contributed by atoms with van der Waals surface area (Å²) in [6.45, 7) is -1.22. The van der Waals surface area contributed by atoms with Crippen LogP contribution in [0.15, 0.2) is 60.7 Å². The lowest BCUT2D eigenvalue weighted by atomic mass is 10.0. The van der Waals surface area contributed by atoms with Gasteiger partial charge in [0.2, 0.25) is 0 Å². The average molecular weight is 472 g/mol. The van der Waals surface area contributed by atoms with Gasteiger partial charge in [-0.2, -0.15) is 0 Å². The number of ether oxygens (including phenoxy) is 4. The van der Waals surface area contributed by atoms with Crippen molar-refractivity contribution in [1.82, 2.24) is 10.6 Å². The van der Waals surface area contributed by atoms with Crippen molar-refractivity contribution in [2.24, 2.45) is 0 Å². The van der Waals surface area contributed by atoms with Crippen LogP contribution in [0.1, 0.15) is 23.7 Å². The van der Waals surface area contributed by atoms with Gasteiger partial charge in [0, 0.05) is 11.1 Å². The van der Waals surface area contributed by atoms with E-state index in [0.29, 0.717) is 0 Å². The van der Waals surface area contributed by atoms with E-state index in [4.69, 9.17) is 18.9 Å². The fraction of sp³-hybridized carbons (Fsp3) is 0.417. The molecule has 0 aromatic heterocycles. The van der Waals surface area contributed by atoms with Crippen LogP contribution in [0.3, 0.4) is 0 Å². The second-order valence-corrected chi connectivity index (χ2v) is 8.51. The molecule has 0 aliphatic carbocycles. The molecule has 2 saturated heterocycles. The highest BCUT2D eigenvalue weighted by molar-refractivity contribution is 6.35. The van der Waals surface area contributed by atoms with E-state index in [9.17, 15) is 19.8 Å². The maximum Gasteiger partial charge on any atom is 0.310 e. The zero-order valence-electron chi connectivity index (χ0n) is 18.5. The molecule has 2 fully saturated rings. The van der Waals surface area contributed by atoms with Crippen molar-refractivity contribution in [2.75, 3.05) is 39.6 Å². The second-order valence-electron chi connectivity index (χ2n) is 8.51. The molecule has 0 bridgehead atoms. The lowest BCUT2D eigenvalue weighted by Crippen LogP contribution is -2.66. The van der Waals surface area contributed by atoms with Crippen molar-refractivity contribution >= 4 is 11.8 Å². The lowest BCUT2D eigenvalue weighted by molar-refractivity contribution is -0.225. The molecule has 2 aliphatic rings. The summed E-state index contributed by atoms with van der Waals surface area (Å²) in [6, 6.07) is 18.5. The van der Waals surface area contributed by atoms with Gasteiger partial charge in [-0.3, -0.25) is 9.59 Å². The zero-order valence-corrected chi connectivity index (χ0v) is 18.5. The first-order valence-corrected chi connectivity index (χ1v) is 10.9. The largest absolute Gasteiger partial charge is 0.394 e. The molecule has 0 saturated carbocycles. The summed E-state index contributed by atoms with van der Waals surface area (Å²) >= 11 is 0. The predicted octanol–water partition coefficient (Wildman–Crippen LogP) is 0.172. The predicted molar refractivity (Wildman–Crippen MR) is 118 cm³/mol. The van der Waals surface area contributed by atoms with Crippen molar-refractivity contribution in [2.45, 2.75) is 23.7 Å². The highest BCUT2D eigenvalue weighted by atomic mass is 16.7. The number of amides is 2. The molecule has 2 aromatic rings. The Morgan fingerprint density at radius 1 is 0.676 bits per heavy atom. The SMILES string of the molecule is O=C(NC1(CO)COC(c2ccccc2)OC1)C(=O)NC1(CO)COC(c2ccccc2)OC1. The summed E-state index contributed by atoms with van der Waals surface area (Å²) in [6.07, 6.45) is -1.28. The summed E-state index contributed by atoms with van der Waals surface area (Å²) in [7, 11) is 0. The molecule has 0 unspecified atom stereocenters. The quantitative estimate of drug-likeness (QED) is 0.437. The third kappa shape index (κ3) is 5.44. The minimum absolute atomic E-state index is 0.0573. The highest BCUT2D eigenvalue weighted by Gasteiger charge is 2.43. The molecule has 0 radical (unpaired) electrons. The van der Waals surface area contributed by atoms with Crippen molar-refractivity contribution < 1.29 is 38.7 Å². The second kappa shape index (κ2) is 10.6. The Morgan fingerprint density at radius 2 is 1.00 bits per heavy atom. The topological polar surface area (TPSA) is 136 Å². The van der Waals surface area contributed by atoms with Gasteiger partial charge in [-0.15, -0.1) is 0 Å². The van der Waals surface area contributed by atoms with Crippen LogP contribution in [0.5, 0.6) is 0 Å². The standard InChI is InChI=1S/C24H28N2O8/c27-11-23(13-31-21(32-14-23)17-7-3-1-4-8-17)25-19(29)20(30)26-24(12-28)15-33-22(34-16-24)18-9-5-2-6-10-18/h1-10,21-22,27-28H,11-16H2,(H,25,29)(H,26,30). The van der Waals surface area contributed by atoms with Gasteiger partial charge < -0.3 is 39.8 Å². The monoisotopic (exact) mass is 472 g/mol. The van der Waals surface area contributed by atoms with Crippen LogP contribution in [-0.4, -0.2) is 72.7 Å². The lowest BCUT2D eigenvalue weighted by Gasteiger charge is -2.40. The van der Waals surface area contributed by atoms with Gasteiger partial charge in [-0.25, -0.2) is 0 Å². The van der Waals surface area contributed by atoms with Crippen LogP contribution in [0.4, 0.5) is 0 Å². The first-order chi connectivity index (χ1) is 16.5. The van der Waals surface area contributed by atoms with E-state index in [1.54, 1.807) is 0 Å². The zero-order chi connectivity index (χ0) is 24.0. The molecule has 2 heterocycles. The molecule has 0 spiro atoms. The Bertz CT molecular complexity index is 876. The van der Waals surface area contributed by atoms with Crippen LogP contribution in [0.2, 0.25) is 0 Å². The maximum absolute atomic E-state index is 12.6. The summed E-state index contributed by atoms with van der Waals surface area (Å²) in [4.78, 5) is 25.3. The highest BCUT2D eigenvalue weighted by Crippen LogP contribution is 2.28. The number of aliphatic hydroxyl groups excluding tert-OH is 2. The Hall–Kier alpha value is -2.86. The molecule has 4 N–H and O–H groups in total. The minimum atomic E-state index is -1.29. The molecule has 2 amide bonds. The van der Waals surface area contributed by atoms with Gasteiger partial charge >= 0.3 is 11.8 Å². The van der Waals surface area contributed by atoms with E-state index >= 15 is 0 Å². The van der Waals surface area contributed by atoms with Gasteiger partial charge in [0.15, 0.2) is 12.6 Å². The van der Waals surface area contributed by atoms with E-state index < -0.39 is 48.7 Å². The molecule has 2 aliphatic heterocycles. The summed E-state index contributed by atoms with van der Waals surface area (Å²) in [5, 5.41) is 24.8.